The average Bonchev–Trinajstić information content (AvgIpc) is 2.67. The van der Waals surface area contributed by atoms with Crippen LogP contribution >= 0.6 is 15.9 Å². The molecule has 0 aliphatic heterocycles. The first-order valence-electron chi connectivity index (χ1n) is 4.32. The van der Waals surface area contributed by atoms with Crippen molar-refractivity contribution in [1.29, 1.82) is 0 Å². The van der Waals surface area contributed by atoms with E-state index in [1.54, 1.807) is 6.07 Å². The van der Waals surface area contributed by atoms with Gasteiger partial charge in [0.1, 0.15) is 0 Å². The standard InChI is InChI=1S/C11H5BrF2O2/c12-7-3-4-16-11(7)10(15)6-1-2-8(13)9(14)5-6/h1-5H. The number of benzene rings is 1. The van der Waals surface area contributed by atoms with Crippen molar-refractivity contribution in [2.45, 2.75) is 0 Å². The summed E-state index contributed by atoms with van der Waals surface area (Å²) in [4.78, 5) is 11.8. The zero-order valence-corrected chi connectivity index (χ0v) is 9.42. The van der Waals surface area contributed by atoms with Gasteiger partial charge < -0.3 is 4.42 Å². The summed E-state index contributed by atoms with van der Waals surface area (Å²) in [5.41, 5.74) is 0.0366. The maximum absolute atomic E-state index is 12.9. The van der Waals surface area contributed by atoms with Crippen LogP contribution in [0.4, 0.5) is 8.78 Å². The van der Waals surface area contributed by atoms with Gasteiger partial charge in [-0.1, -0.05) is 0 Å². The topological polar surface area (TPSA) is 30.2 Å². The lowest BCUT2D eigenvalue weighted by Crippen LogP contribution is -2.01. The van der Waals surface area contributed by atoms with Gasteiger partial charge in [0.25, 0.3) is 0 Å². The molecule has 1 aromatic carbocycles. The lowest BCUT2D eigenvalue weighted by Gasteiger charge is -1.99. The van der Waals surface area contributed by atoms with Crippen molar-refractivity contribution in [2.24, 2.45) is 0 Å². The molecule has 0 unspecified atom stereocenters. The van der Waals surface area contributed by atoms with Gasteiger partial charge in [0, 0.05) is 5.56 Å². The van der Waals surface area contributed by atoms with Crippen molar-refractivity contribution in [2.75, 3.05) is 0 Å². The highest BCUT2D eigenvalue weighted by molar-refractivity contribution is 9.10. The smallest absolute Gasteiger partial charge is 0.229 e. The van der Waals surface area contributed by atoms with Crippen LogP contribution in [0.1, 0.15) is 16.1 Å². The number of halogens is 3. The Morgan fingerprint density at radius 2 is 1.94 bits per heavy atom. The van der Waals surface area contributed by atoms with Gasteiger partial charge in [-0.15, -0.1) is 0 Å². The van der Waals surface area contributed by atoms with E-state index in [4.69, 9.17) is 4.42 Å². The Morgan fingerprint density at radius 1 is 1.19 bits per heavy atom. The molecule has 0 bridgehead atoms. The van der Waals surface area contributed by atoms with Gasteiger partial charge >= 0.3 is 0 Å². The molecule has 2 aromatic rings. The van der Waals surface area contributed by atoms with E-state index in [1.807, 2.05) is 0 Å². The Labute approximate surface area is 98.0 Å². The van der Waals surface area contributed by atoms with Crippen LogP contribution in [0.2, 0.25) is 0 Å². The highest BCUT2D eigenvalue weighted by Gasteiger charge is 2.17. The second-order valence-electron chi connectivity index (χ2n) is 3.06. The third kappa shape index (κ3) is 1.90. The zero-order chi connectivity index (χ0) is 11.7. The number of rotatable bonds is 2. The van der Waals surface area contributed by atoms with Gasteiger partial charge in [-0.25, -0.2) is 8.78 Å². The molecule has 0 spiro atoms. The Bertz CT molecular complexity index is 549. The molecular formula is C11H5BrF2O2. The third-order valence-electron chi connectivity index (χ3n) is 2.01. The minimum absolute atomic E-state index is 0.0366. The predicted molar refractivity (Wildman–Crippen MR) is 56.2 cm³/mol. The third-order valence-corrected chi connectivity index (χ3v) is 2.63. The normalized spacial score (nSPS) is 10.4. The minimum atomic E-state index is -1.06. The van der Waals surface area contributed by atoms with Gasteiger partial charge in [-0.05, 0) is 40.2 Å². The van der Waals surface area contributed by atoms with E-state index in [1.165, 1.54) is 12.3 Å². The maximum atomic E-state index is 12.9. The van der Waals surface area contributed by atoms with Crippen LogP contribution in [0.25, 0.3) is 0 Å². The van der Waals surface area contributed by atoms with Gasteiger partial charge in [0.15, 0.2) is 17.4 Å². The maximum Gasteiger partial charge on any atom is 0.229 e. The lowest BCUT2D eigenvalue weighted by molar-refractivity contribution is 0.101. The molecule has 82 valence electrons. The Balaban J connectivity index is 2.42. The van der Waals surface area contributed by atoms with Gasteiger partial charge in [-0.3, -0.25) is 4.79 Å². The van der Waals surface area contributed by atoms with Crippen LogP contribution in [0.3, 0.4) is 0 Å². The summed E-state index contributed by atoms with van der Waals surface area (Å²) in [6.45, 7) is 0. The van der Waals surface area contributed by atoms with Crippen LogP contribution in [-0.4, -0.2) is 5.78 Å². The van der Waals surface area contributed by atoms with Crippen molar-refractivity contribution < 1.29 is 18.0 Å². The van der Waals surface area contributed by atoms with Crippen LogP contribution in [0.5, 0.6) is 0 Å². The molecule has 2 rings (SSSR count). The van der Waals surface area contributed by atoms with E-state index in [9.17, 15) is 13.6 Å². The summed E-state index contributed by atoms with van der Waals surface area (Å²) < 4.78 is 31.0. The molecule has 0 aliphatic carbocycles. The average molecular weight is 287 g/mol. The van der Waals surface area contributed by atoms with Crippen molar-refractivity contribution in [3.05, 3.63) is 58.0 Å². The van der Waals surface area contributed by atoms with E-state index < -0.39 is 17.4 Å². The predicted octanol–water partition coefficient (Wildman–Crippen LogP) is 3.55. The Morgan fingerprint density at radius 3 is 2.50 bits per heavy atom. The molecule has 0 fully saturated rings. The highest BCUT2D eigenvalue weighted by atomic mass is 79.9. The lowest BCUT2D eigenvalue weighted by atomic mass is 10.1. The molecule has 0 saturated carbocycles. The largest absolute Gasteiger partial charge is 0.460 e. The van der Waals surface area contributed by atoms with Crippen molar-refractivity contribution in [3.63, 3.8) is 0 Å². The summed E-state index contributed by atoms with van der Waals surface area (Å²) in [6, 6.07) is 4.49. The fourth-order valence-corrected chi connectivity index (χ4v) is 1.61. The molecule has 0 amide bonds. The molecule has 2 nitrogen and oxygen atoms in total. The van der Waals surface area contributed by atoms with Crippen LogP contribution in [0, 0.1) is 11.6 Å². The molecule has 1 aromatic heterocycles. The number of furan rings is 1. The summed E-state index contributed by atoms with van der Waals surface area (Å²) >= 11 is 3.11. The highest BCUT2D eigenvalue weighted by Crippen LogP contribution is 2.21. The van der Waals surface area contributed by atoms with E-state index >= 15 is 0 Å². The number of carbonyl (C=O) groups excluding carboxylic acids is 1. The molecule has 0 radical (unpaired) electrons. The molecule has 16 heavy (non-hydrogen) atoms. The molecule has 0 atom stereocenters. The molecule has 0 N–H and O–H groups in total. The molecule has 5 heteroatoms. The van der Waals surface area contributed by atoms with Crippen LogP contribution < -0.4 is 0 Å². The van der Waals surface area contributed by atoms with Gasteiger partial charge in [-0.2, -0.15) is 0 Å². The van der Waals surface area contributed by atoms with Crippen molar-refractivity contribution >= 4 is 21.7 Å². The molecular weight excluding hydrogens is 282 g/mol. The van der Waals surface area contributed by atoms with Gasteiger partial charge in [0.2, 0.25) is 5.78 Å². The van der Waals surface area contributed by atoms with Crippen molar-refractivity contribution in [3.8, 4) is 0 Å². The number of hydrogen-bond acceptors (Lipinski definition) is 2. The first-order valence-corrected chi connectivity index (χ1v) is 5.11. The molecule has 1 heterocycles. The molecule has 0 aliphatic rings. The Kier molecular flexibility index (Phi) is 2.87. The van der Waals surface area contributed by atoms with E-state index in [0.717, 1.165) is 12.1 Å². The second-order valence-corrected chi connectivity index (χ2v) is 3.91. The fraction of sp³-hybridized carbons (Fsp3) is 0. The number of carbonyl (C=O) groups is 1. The summed E-state index contributed by atoms with van der Waals surface area (Å²) in [6.07, 6.45) is 1.33. The SMILES string of the molecule is O=C(c1ccc(F)c(F)c1)c1occc1Br. The monoisotopic (exact) mass is 286 g/mol. The fourth-order valence-electron chi connectivity index (χ4n) is 1.22. The quantitative estimate of drug-likeness (QED) is 0.791. The first-order chi connectivity index (χ1) is 7.59. The van der Waals surface area contributed by atoms with Crippen LogP contribution in [-0.2, 0) is 0 Å². The van der Waals surface area contributed by atoms with Crippen molar-refractivity contribution in [1.82, 2.24) is 0 Å². The Hall–Kier alpha value is -1.49. The zero-order valence-electron chi connectivity index (χ0n) is 7.84. The summed E-state index contributed by atoms with van der Waals surface area (Å²) in [7, 11) is 0. The summed E-state index contributed by atoms with van der Waals surface area (Å²) in [5, 5.41) is 0. The minimum Gasteiger partial charge on any atom is -0.460 e. The molecule has 0 saturated heterocycles. The summed E-state index contributed by atoms with van der Waals surface area (Å²) in [5.74, 6) is -2.50. The van der Waals surface area contributed by atoms with E-state index in [0.29, 0.717) is 4.47 Å². The second kappa shape index (κ2) is 4.17. The first kappa shape index (κ1) is 11.0. The van der Waals surface area contributed by atoms with Crippen LogP contribution in [0.15, 0.2) is 39.4 Å². The van der Waals surface area contributed by atoms with Gasteiger partial charge in [0.05, 0.1) is 10.7 Å². The number of hydrogen-bond donors (Lipinski definition) is 0. The van der Waals surface area contributed by atoms with E-state index in [-0.39, 0.29) is 11.3 Å². The van der Waals surface area contributed by atoms with E-state index in [2.05, 4.69) is 15.9 Å². The number of ketones is 1.